The lowest BCUT2D eigenvalue weighted by Gasteiger charge is -2.02. The second-order valence-electron chi connectivity index (χ2n) is 2.18. The van der Waals surface area contributed by atoms with Crippen LogP contribution < -0.4 is 4.72 Å². The van der Waals surface area contributed by atoms with Crippen molar-refractivity contribution in [1.29, 1.82) is 0 Å². The van der Waals surface area contributed by atoms with E-state index in [4.69, 9.17) is 0 Å². The lowest BCUT2D eigenvalue weighted by molar-refractivity contribution is 0.586. The molecule has 1 atom stereocenters. The summed E-state index contributed by atoms with van der Waals surface area (Å²) in [4.78, 5) is 0. The van der Waals surface area contributed by atoms with E-state index >= 15 is 0 Å². The predicted molar refractivity (Wildman–Crippen MR) is 44.0 cm³/mol. The van der Waals surface area contributed by atoms with Gasteiger partial charge in [-0.2, -0.15) is 0 Å². The highest BCUT2D eigenvalue weighted by molar-refractivity contribution is 7.85. The van der Waals surface area contributed by atoms with Crippen molar-refractivity contribution in [2.24, 2.45) is 0 Å². The summed E-state index contributed by atoms with van der Waals surface area (Å²) in [6.07, 6.45) is 1.36. The van der Waals surface area contributed by atoms with Crippen LogP contribution in [0.15, 0.2) is 18.2 Å². The van der Waals surface area contributed by atoms with Crippen LogP contribution in [0.1, 0.15) is 0 Å². The molecular weight excluding hydrogens is 184 g/mol. The van der Waals surface area contributed by atoms with Gasteiger partial charge in [-0.3, -0.25) is 0 Å². The minimum absolute atomic E-state index is 0.0391. The molecule has 66 valence electrons. The summed E-state index contributed by atoms with van der Waals surface area (Å²) in [6, 6.07) is 3.03. The molecule has 0 saturated carbocycles. The smallest absolute Gasteiger partial charge is 0.150 e. The number of benzene rings is 1. The van der Waals surface area contributed by atoms with E-state index in [1.165, 1.54) is 12.3 Å². The number of hydrogen-bond acceptors (Lipinski definition) is 1. The molecule has 1 aromatic rings. The van der Waals surface area contributed by atoms with Gasteiger partial charge in [-0.1, -0.05) is 0 Å². The zero-order valence-electron chi connectivity index (χ0n) is 6.30. The summed E-state index contributed by atoms with van der Waals surface area (Å²) in [7, 11) is -1.35. The van der Waals surface area contributed by atoms with Crippen LogP contribution in [0.2, 0.25) is 0 Å². The Hall–Kier alpha value is -0.970. The van der Waals surface area contributed by atoms with Crippen LogP contribution in [-0.2, 0) is 11.0 Å². The zero-order chi connectivity index (χ0) is 9.14. The zero-order valence-corrected chi connectivity index (χ0v) is 7.12. The molecule has 1 unspecified atom stereocenters. The molecule has 0 radical (unpaired) electrons. The minimum atomic E-state index is -1.35. The Bertz CT molecular complexity index is 316. The molecule has 5 heteroatoms. The first-order valence-corrected chi connectivity index (χ1v) is 4.70. The second kappa shape index (κ2) is 3.62. The van der Waals surface area contributed by atoms with E-state index in [0.717, 1.165) is 12.1 Å². The lowest BCUT2D eigenvalue weighted by atomic mass is 10.3. The van der Waals surface area contributed by atoms with Gasteiger partial charge in [0.05, 0.1) is 5.69 Å². The average molecular weight is 191 g/mol. The molecular formula is C7H7F2NOS. The van der Waals surface area contributed by atoms with Crippen molar-refractivity contribution in [3.05, 3.63) is 29.8 Å². The minimum Gasteiger partial charge on any atom is -0.303 e. The van der Waals surface area contributed by atoms with Crippen LogP contribution in [0.3, 0.4) is 0 Å². The molecule has 0 bridgehead atoms. The Kier molecular flexibility index (Phi) is 2.75. The van der Waals surface area contributed by atoms with E-state index in [0.29, 0.717) is 0 Å². The molecule has 0 heterocycles. The van der Waals surface area contributed by atoms with E-state index < -0.39 is 22.6 Å². The highest BCUT2D eigenvalue weighted by Crippen LogP contribution is 2.14. The van der Waals surface area contributed by atoms with Crippen LogP contribution in [0.25, 0.3) is 0 Å². The van der Waals surface area contributed by atoms with Crippen LogP contribution in [0.5, 0.6) is 0 Å². The maximum absolute atomic E-state index is 12.8. The first-order valence-electron chi connectivity index (χ1n) is 3.15. The lowest BCUT2D eigenvalue weighted by Crippen LogP contribution is -2.03. The fourth-order valence-corrected chi connectivity index (χ4v) is 1.20. The van der Waals surface area contributed by atoms with Crippen LogP contribution >= 0.6 is 0 Å². The van der Waals surface area contributed by atoms with Gasteiger partial charge in [0.15, 0.2) is 0 Å². The summed E-state index contributed by atoms with van der Waals surface area (Å²) in [5, 5.41) is 0. The van der Waals surface area contributed by atoms with E-state index in [1.54, 1.807) is 0 Å². The first-order chi connectivity index (χ1) is 5.59. The number of halogens is 2. The quantitative estimate of drug-likeness (QED) is 0.757. The van der Waals surface area contributed by atoms with Crippen molar-refractivity contribution in [2.75, 3.05) is 11.0 Å². The third-order valence-corrected chi connectivity index (χ3v) is 1.69. The molecule has 12 heavy (non-hydrogen) atoms. The van der Waals surface area contributed by atoms with E-state index in [2.05, 4.69) is 4.72 Å². The fraction of sp³-hybridized carbons (Fsp3) is 0.143. The van der Waals surface area contributed by atoms with Crippen LogP contribution in [0, 0.1) is 11.6 Å². The first kappa shape index (κ1) is 9.12. The molecule has 0 aliphatic carbocycles. The van der Waals surface area contributed by atoms with E-state index in [9.17, 15) is 13.0 Å². The Morgan fingerprint density at radius 1 is 1.42 bits per heavy atom. The molecule has 1 aromatic carbocycles. The fourth-order valence-electron chi connectivity index (χ4n) is 0.727. The van der Waals surface area contributed by atoms with Crippen molar-refractivity contribution < 1.29 is 13.0 Å². The normalized spacial score (nSPS) is 12.6. The standard InChI is InChI=1S/C7H7F2NOS/c1-12(11)10-7-3-2-5(8)4-6(7)9/h2-4,10H,1H3. The van der Waals surface area contributed by atoms with Gasteiger partial charge in [-0.15, -0.1) is 0 Å². The van der Waals surface area contributed by atoms with Gasteiger partial charge in [0.25, 0.3) is 0 Å². The van der Waals surface area contributed by atoms with Crippen molar-refractivity contribution in [3.63, 3.8) is 0 Å². The van der Waals surface area contributed by atoms with E-state index in [1.807, 2.05) is 0 Å². The molecule has 0 spiro atoms. The van der Waals surface area contributed by atoms with Gasteiger partial charge in [0, 0.05) is 12.3 Å². The van der Waals surface area contributed by atoms with Gasteiger partial charge >= 0.3 is 0 Å². The largest absolute Gasteiger partial charge is 0.303 e. The van der Waals surface area contributed by atoms with Crippen LogP contribution in [0.4, 0.5) is 14.5 Å². The molecule has 0 aliphatic heterocycles. The van der Waals surface area contributed by atoms with E-state index in [-0.39, 0.29) is 5.69 Å². The molecule has 0 amide bonds. The van der Waals surface area contributed by atoms with Gasteiger partial charge in [0.2, 0.25) is 0 Å². The van der Waals surface area contributed by atoms with Gasteiger partial charge < -0.3 is 4.72 Å². The van der Waals surface area contributed by atoms with Gasteiger partial charge in [-0.05, 0) is 12.1 Å². The number of nitrogens with one attached hydrogen (secondary N) is 1. The van der Waals surface area contributed by atoms with Crippen molar-refractivity contribution in [3.8, 4) is 0 Å². The Labute approximate surface area is 71.2 Å². The number of hydrogen-bond donors (Lipinski definition) is 1. The van der Waals surface area contributed by atoms with Crippen molar-refractivity contribution >= 4 is 16.7 Å². The maximum Gasteiger partial charge on any atom is 0.150 e. The summed E-state index contributed by atoms with van der Waals surface area (Å²) < 4.78 is 38.0. The highest BCUT2D eigenvalue weighted by atomic mass is 32.2. The van der Waals surface area contributed by atoms with Crippen molar-refractivity contribution in [2.45, 2.75) is 0 Å². The molecule has 0 aromatic heterocycles. The number of rotatable bonds is 2. The Balaban J connectivity index is 2.93. The summed E-state index contributed by atoms with van der Waals surface area (Å²) >= 11 is 0. The second-order valence-corrected chi connectivity index (χ2v) is 3.29. The maximum atomic E-state index is 12.8. The summed E-state index contributed by atoms with van der Waals surface area (Å²) in [5.74, 6) is -1.40. The predicted octanol–water partition coefficient (Wildman–Crippen LogP) is 1.67. The van der Waals surface area contributed by atoms with Crippen molar-refractivity contribution in [1.82, 2.24) is 0 Å². The molecule has 1 rings (SSSR count). The summed E-state index contributed by atoms with van der Waals surface area (Å²) in [5.41, 5.74) is 0.0391. The topological polar surface area (TPSA) is 29.1 Å². The molecule has 0 fully saturated rings. The molecule has 2 nitrogen and oxygen atoms in total. The third-order valence-electron chi connectivity index (χ3n) is 1.18. The van der Waals surface area contributed by atoms with Gasteiger partial charge in [-0.25, -0.2) is 13.0 Å². The third kappa shape index (κ3) is 2.27. The Morgan fingerprint density at radius 2 is 2.08 bits per heavy atom. The SMILES string of the molecule is CS(=O)Nc1ccc(F)cc1F. The molecule has 0 aliphatic rings. The Morgan fingerprint density at radius 3 is 2.58 bits per heavy atom. The monoisotopic (exact) mass is 191 g/mol. The van der Waals surface area contributed by atoms with Crippen LogP contribution in [-0.4, -0.2) is 10.5 Å². The summed E-state index contributed by atoms with van der Waals surface area (Å²) in [6.45, 7) is 0. The molecule has 1 N–H and O–H groups in total. The highest BCUT2D eigenvalue weighted by Gasteiger charge is 2.03. The molecule has 0 saturated heterocycles. The van der Waals surface area contributed by atoms with Gasteiger partial charge in [0.1, 0.15) is 22.6 Å². The average Bonchev–Trinajstić information content (AvgIpc) is 1.94. The number of anilines is 1.